The fourth-order valence-corrected chi connectivity index (χ4v) is 8.08. The molecule has 1 aromatic heterocycles. The molecule has 2 saturated heterocycles. The Bertz CT molecular complexity index is 1230. The number of hydrogen-bond donors (Lipinski definition) is 1. The van der Waals surface area contributed by atoms with Crippen LogP contribution in [0.25, 0.3) is 11.0 Å². The summed E-state index contributed by atoms with van der Waals surface area (Å²) in [4.78, 5) is 37.1. The molecule has 1 N–H and O–H groups in total. The standard InChI is InChI=1S/C29H38N4O4/c1-18(31-37-17-27(34)35)28-29(36)33(26-9-5-4-8-25(26)30-28)24-15-21-10-11-22(16-24)32(21)23-13-19-6-2-3-7-20(12-19)14-23/h4-5,8-9,19-24H,2-3,6-7,10-17H2,1H3,(H,34,35)/b31-18+/t19?,20?,21-,22+,23?,24?. The second-order valence-electron chi connectivity index (χ2n) is 11.8. The molecule has 1 aromatic carbocycles. The van der Waals surface area contributed by atoms with E-state index in [0.29, 0.717) is 23.8 Å². The van der Waals surface area contributed by atoms with Crippen LogP contribution in [-0.4, -0.2) is 56.0 Å². The van der Waals surface area contributed by atoms with Gasteiger partial charge in [-0.15, -0.1) is 0 Å². The van der Waals surface area contributed by atoms with Crippen LogP contribution >= 0.6 is 0 Å². The maximum Gasteiger partial charge on any atom is 0.344 e. The van der Waals surface area contributed by atoms with Crippen molar-refractivity contribution in [3.8, 4) is 0 Å². The molecule has 6 rings (SSSR count). The van der Waals surface area contributed by atoms with Gasteiger partial charge in [0, 0.05) is 24.2 Å². The van der Waals surface area contributed by atoms with Crippen molar-refractivity contribution in [2.75, 3.05) is 6.61 Å². The Kier molecular flexibility index (Phi) is 6.78. The zero-order chi connectivity index (χ0) is 25.5. The van der Waals surface area contributed by atoms with Gasteiger partial charge in [-0.05, 0) is 75.8 Å². The smallest absolute Gasteiger partial charge is 0.344 e. The summed E-state index contributed by atoms with van der Waals surface area (Å²) in [6.07, 6.45) is 14.2. The van der Waals surface area contributed by atoms with Gasteiger partial charge < -0.3 is 14.5 Å². The summed E-state index contributed by atoms with van der Waals surface area (Å²) in [6.45, 7) is 1.10. The lowest BCUT2D eigenvalue weighted by Crippen LogP contribution is -2.52. The molecule has 4 bridgehead atoms. The number of piperidine rings is 1. The second-order valence-corrected chi connectivity index (χ2v) is 11.8. The number of nitrogens with zero attached hydrogens (tertiary/aromatic N) is 4. The average molecular weight is 507 g/mol. The fourth-order valence-electron chi connectivity index (χ4n) is 8.08. The second kappa shape index (κ2) is 10.2. The number of carbonyl (C=O) groups is 1. The van der Waals surface area contributed by atoms with Gasteiger partial charge in [0.2, 0.25) is 6.61 Å². The largest absolute Gasteiger partial charge is 0.479 e. The molecule has 8 heteroatoms. The van der Waals surface area contributed by atoms with E-state index in [9.17, 15) is 9.59 Å². The van der Waals surface area contributed by atoms with Gasteiger partial charge in [0.05, 0.1) is 11.0 Å². The first kappa shape index (κ1) is 24.6. The van der Waals surface area contributed by atoms with Gasteiger partial charge in [0.1, 0.15) is 5.71 Å². The summed E-state index contributed by atoms with van der Waals surface area (Å²) < 4.78 is 1.96. The number of benzene rings is 1. The molecule has 3 unspecified atom stereocenters. The number of fused-ring (bicyclic) bond motifs is 5. The molecule has 4 fully saturated rings. The van der Waals surface area contributed by atoms with Crippen LogP contribution in [0.3, 0.4) is 0 Å². The Labute approximate surface area is 217 Å². The first-order chi connectivity index (χ1) is 18.0. The van der Waals surface area contributed by atoms with E-state index in [4.69, 9.17) is 9.94 Å². The molecule has 8 nitrogen and oxygen atoms in total. The van der Waals surface area contributed by atoms with Gasteiger partial charge in [-0.1, -0.05) is 43.0 Å². The monoisotopic (exact) mass is 506 g/mol. The molecule has 4 aliphatic rings. The molecule has 0 spiro atoms. The molecule has 2 aliphatic carbocycles. The Balaban J connectivity index is 1.29. The lowest BCUT2D eigenvalue weighted by molar-refractivity contribution is -0.142. The fraction of sp³-hybridized carbons (Fsp3) is 0.655. The first-order valence-electron chi connectivity index (χ1n) is 14.2. The van der Waals surface area contributed by atoms with Gasteiger partial charge in [-0.25, -0.2) is 9.78 Å². The van der Waals surface area contributed by atoms with E-state index in [0.717, 1.165) is 35.7 Å². The van der Waals surface area contributed by atoms with E-state index in [2.05, 4.69) is 15.0 Å². The molecule has 0 radical (unpaired) electrons. The lowest BCUT2D eigenvalue weighted by Gasteiger charge is -2.48. The molecular weight excluding hydrogens is 468 g/mol. The normalized spacial score (nSPS) is 32.3. The van der Waals surface area contributed by atoms with E-state index < -0.39 is 12.6 Å². The average Bonchev–Trinajstić information content (AvgIpc) is 3.03. The van der Waals surface area contributed by atoms with Crippen LogP contribution in [0, 0.1) is 11.8 Å². The third-order valence-corrected chi connectivity index (χ3v) is 9.43. The van der Waals surface area contributed by atoms with Crippen LogP contribution in [0.2, 0.25) is 0 Å². The van der Waals surface area contributed by atoms with Crippen LogP contribution in [0.1, 0.15) is 89.3 Å². The maximum absolute atomic E-state index is 13.8. The Morgan fingerprint density at radius 2 is 1.65 bits per heavy atom. The Morgan fingerprint density at radius 3 is 2.32 bits per heavy atom. The summed E-state index contributed by atoms with van der Waals surface area (Å²) in [6, 6.07) is 9.69. The van der Waals surface area contributed by atoms with E-state index in [-0.39, 0.29) is 17.3 Å². The van der Waals surface area contributed by atoms with Crippen LogP contribution in [-0.2, 0) is 9.63 Å². The van der Waals surface area contributed by atoms with Crippen molar-refractivity contribution in [3.63, 3.8) is 0 Å². The SMILES string of the molecule is C/C(=N\OCC(=O)O)c1nc2ccccc2n(C2C[C@H]3CC[C@@H](C2)N3C2CC3CCCCC(C3)C2)c1=O. The summed E-state index contributed by atoms with van der Waals surface area (Å²) in [5.74, 6) is 0.700. The third kappa shape index (κ3) is 4.80. The van der Waals surface area contributed by atoms with Crippen LogP contribution in [0.5, 0.6) is 0 Å². The van der Waals surface area contributed by atoms with Crippen molar-refractivity contribution in [1.82, 2.24) is 14.5 Å². The van der Waals surface area contributed by atoms with Crippen molar-refractivity contribution < 1.29 is 14.7 Å². The molecule has 3 heterocycles. The summed E-state index contributed by atoms with van der Waals surface area (Å²) >= 11 is 0. The minimum atomic E-state index is -1.11. The number of carboxylic acid groups (broad SMARTS) is 1. The van der Waals surface area contributed by atoms with Crippen molar-refractivity contribution in [2.24, 2.45) is 17.0 Å². The van der Waals surface area contributed by atoms with Gasteiger partial charge >= 0.3 is 5.97 Å². The van der Waals surface area contributed by atoms with Crippen molar-refractivity contribution in [3.05, 3.63) is 40.3 Å². The minimum absolute atomic E-state index is 0.117. The maximum atomic E-state index is 13.8. The number of aromatic nitrogens is 2. The van der Waals surface area contributed by atoms with E-state index >= 15 is 0 Å². The Hall–Kier alpha value is -2.74. The molecule has 2 saturated carbocycles. The molecule has 198 valence electrons. The third-order valence-electron chi connectivity index (χ3n) is 9.43. The molecule has 37 heavy (non-hydrogen) atoms. The number of hydrogen-bond acceptors (Lipinski definition) is 6. The van der Waals surface area contributed by atoms with Gasteiger partial charge in [0.15, 0.2) is 5.69 Å². The topological polar surface area (TPSA) is 97.0 Å². The summed E-state index contributed by atoms with van der Waals surface area (Å²) in [5.41, 5.74) is 1.97. The van der Waals surface area contributed by atoms with Gasteiger partial charge in [-0.2, -0.15) is 0 Å². The molecule has 5 atom stereocenters. The zero-order valence-electron chi connectivity index (χ0n) is 21.7. The Morgan fingerprint density at radius 1 is 0.973 bits per heavy atom. The zero-order valence-corrected chi connectivity index (χ0v) is 21.7. The molecule has 2 aromatic rings. The van der Waals surface area contributed by atoms with Crippen LogP contribution < -0.4 is 5.56 Å². The van der Waals surface area contributed by atoms with Gasteiger partial charge in [0.25, 0.3) is 5.56 Å². The van der Waals surface area contributed by atoms with Crippen LogP contribution in [0.15, 0.2) is 34.2 Å². The van der Waals surface area contributed by atoms with E-state index in [1.807, 2.05) is 28.8 Å². The number of carboxylic acids is 1. The van der Waals surface area contributed by atoms with Crippen LogP contribution in [0.4, 0.5) is 0 Å². The quantitative estimate of drug-likeness (QED) is 0.449. The first-order valence-corrected chi connectivity index (χ1v) is 14.2. The highest BCUT2D eigenvalue weighted by molar-refractivity contribution is 5.97. The highest BCUT2D eigenvalue weighted by atomic mass is 16.6. The lowest BCUT2D eigenvalue weighted by atomic mass is 9.76. The summed E-state index contributed by atoms with van der Waals surface area (Å²) in [5, 5.41) is 12.7. The molecular formula is C29H38N4O4. The number of oxime groups is 1. The van der Waals surface area contributed by atoms with Gasteiger partial charge in [-0.3, -0.25) is 9.69 Å². The number of para-hydroxylation sites is 2. The van der Waals surface area contributed by atoms with E-state index in [1.165, 1.54) is 57.8 Å². The summed E-state index contributed by atoms with van der Waals surface area (Å²) in [7, 11) is 0. The molecule has 0 amide bonds. The van der Waals surface area contributed by atoms with E-state index in [1.54, 1.807) is 6.92 Å². The van der Waals surface area contributed by atoms with Crippen molar-refractivity contribution >= 4 is 22.7 Å². The predicted molar refractivity (Wildman–Crippen MR) is 142 cm³/mol. The predicted octanol–water partition coefficient (Wildman–Crippen LogP) is 4.75. The molecule has 2 aliphatic heterocycles. The number of rotatable bonds is 6. The van der Waals surface area contributed by atoms with Crippen molar-refractivity contribution in [1.29, 1.82) is 0 Å². The highest BCUT2D eigenvalue weighted by Crippen LogP contribution is 2.47. The minimum Gasteiger partial charge on any atom is -0.479 e. The highest BCUT2D eigenvalue weighted by Gasteiger charge is 2.47. The van der Waals surface area contributed by atoms with Crippen molar-refractivity contribution in [2.45, 2.75) is 102 Å². The number of aliphatic carboxylic acids is 1.